The molecule has 0 fully saturated rings. The summed E-state index contributed by atoms with van der Waals surface area (Å²) in [4.78, 5) is 62.8. The van der Waals surface area contributed by atoms with Crippen molar-refractivity contribution in [3.63, 3.8) is 0 Å². The van der Waals surface area contributed by atoms with Crippen LogP contribution in [-0.4, -0.2) is 125 Å². The Morgan fingerprint density at radius 1 is 0.344 bits per heavy atom. The molecule has 0 N–H and O–H groups in total. The van der Waals surface area contributed by atoms with E-state index in [0.717, 1.165) is 53.2 Å². The Labute approximate surface area is 781 Å². The number of hydrogen-bond acceptors (Lipinski definition) is 17. The number of benzene rings is 12. The van der Waals surface area contributed by atoms with Gasteiger partial charge in [0.1, 0.15) is 126 Å². The van der Waals surface area contributed by atoms with E-state index in [9.17, 15) is 23.4 Å². The third-order valence-electron chi connectivity index (χ3n) is 18.9. The van der Waals surface area contributed by atoms with Gasteiger partial charge in [-0.2, -0.15) is 0 Å². The molecule has 646 valence electrons. The van der Waals surface area contributed by atoms with Crippen molar-refractivity contribution in [3.05, 3.63) is 291 Å². The van der Waals surface area contributed by atoms with E-state index in [1.165, 1.54) is 64.2 Å². The van der Waals surface area contributed by atoms with Gasteiger partial charge in [-0.15, -0.1) is 0 Å². The number of hydrogen-bond donors (Lipinski definition) is 0. The highest BCUT2D eigenvalue weighted by atomic mass is 79.9. The van der Waals surface area contributed by atoms with Crippen LogP contribution in [0.2, 0.25) is 0 Å². The van der Waals surface area contributed by atoms with E-state index in [1.54, 1.807) is 48.5 Å². The van der Waals surface area contributed by atoms with Gasteiger partial charge in [-0.25, -0.2) is 4.21 Å². The second kappa shape index (κ2) is 44.7. The maximum atomic E-state index is 13.1. The number of halogens is 4. The summed E-state index contributed by atoms with van der Waals surface area (Å²) >= 11 is 14.9. The summed E-state index contributed by atoms with van der Waals surface area (Å²) in [6.45, 7) is 16.2. The van der Waals surface area contributed by atoms with Crippen molar-refractivity contribution in [1.29, 1.82) is 0 Å². The zero-order valence-corrected chi connectivity index (χ0v) is 81.0. The first-order chi connectivity index (χ1) is 60.4. The maximum absolute atomic E-state index is 13.1. The van der Waals surface area contributed by atoms with E-state index in [-0.39, 0.29) is 105 Å². The highest BCUT2D eigenvalue weighted by Crippen LogP contribution is 2.52. The van der Waals surface area contributed by atoms with Crippen LogP contribution in [0.5, 0.6) is 34.5 Å². The Morgan fingerprint density at radius 2 is 0.632 bits per heavy atom. The number of alkyl halides is 4. The SMILES string of the molecule is CC(Br)C(=O)OCCOCCOCCOc1ccc(-[s+]2c3ccccc3c3ccccc32)cc1.CC(C)(Br)C(=O)OCCOc1ccc([S+]2c3ccccc3Oc3ccccc32)cc1.CC(C)(Br)C(=O)OCCOc1ccc([S+]2c3ccccc3S(=O)c3ccccc32)cc1.CC(C)(Br)C(=O)OCCOc1ccc([S+]2c3ccccc3Sc3ccccc32)cc1. The number of carbonyl (C=O) groups is 4. The number of para-hydroxylation sites is 2. The Bertz CT molecular complexity index is 5490. The average molecular weight is 2050 g/mol. The van der Waals surface area contributed by atoms with Crippen molar-refractivity contribution in [2.24, 2.45) is 0 Å². The van der Waals surface area contributed by atoms with Crippen LogP contribution in [0, 0.1) is 0 Å². The minimum absolute atomic E-state index is 0.0919. The quantitative estimate of drug-likeness (QED) is 0.0136. The smallest absolute Gasteiger partial charge is 0.322 e. The molecule has 0 saturated carbocycles. The third kappa shape index (κ3) is 24.9. The summed E-state index contributed by atoms with van der Waals surface area (Å²) in [6, 6.07) is 99.6. The monoisotopic (exact) mass is 2050 g/mol. The number of esters is 4. The molecule has 0 radical (unpaired) electrons. The molecule has 0 spiro atoms. The summed E-state index contributed by atoms with van der Waals surface area (Å²) in [5.74, 6) is 3.64. The Morgan fingerprint density at radius 3 is 1.02 bits per heavy atom. The van der Waals surface area contributed by atoms with E-state index in [4.69, 9.17) is 52.1 Å². The van der Waals surface area contributed by atoms with Gasteiger partial charge in [0.05, 0.1) is 56.8 Å². The van der Waals surface area contributed by atoms with Gasteiger partial charge in [0.15, 0.2) is 60.1 Å². The van der Waals surface area contributed by atoms with Crippen molar-refractivity contribution in [1.82, 2.24) is 0 Å². The number of carbonyl (C=O) groups excluding carboxylic acids is 4. The maximum Gasteiger partial charge on any atom is 0.322 e. The number of thiophene rings is 1. The van der Waals surface area contributed by atoms with E-state index in [0.29, 0.717) is 52.0 Å². The summed E-state index contributed by atoms with van der Waals surface area (Å²) in [5, 5.41) is 2.66. The predicted molar refractivity (Wildman–Crippen MR) is 513 cm³/mol. The fraction of sp³-hybridized carbons (Fsp3) is 0.232. The first-order valence-electron chi connectivity index (χ1n) is 40.3. The molecule has 1 atom stereocenters. The molecule has 0 saturated heterocycles. The number of ether oxygens (including phenoxy) is 11. The second-order valence-electron chi connectivity index (χ2n) is 29.5. The van der Waals surface area contributed by atoms with Gasteiger partial charge in [-0.1, -0.05) is 173 Å². The molecule has 1 aromatic heterocycles. The van der Waals surface area contributed by atoms with Crippen molar-refractivity contribution < 1.29 is 75.5 Å². The molecule has 3 aliphatic heterocycles. The van der Waals surface area contributed by atoms with Crippen LogP contribution in [0.4, 0.5) is 0 Å². The van der Waals surface area contributed by atoms with Gasteiger partial charge < -0.3 is 52.1 Å². The average Bonchev–Trinajstić information content (AvgIpc) is 1.68. The molecule has 125 heavy (non-hydrogen) atoms. The Hall–Kier alpha value is -8.87. The van der Waals surface area contributed by atoms with Crippen LogP contribution in [-0.2, 0) is 91.1 Å². The van der Waals surface area contributed by atoms with Gasteiger partial charge >= 0.3 is 23.9 Å². The lowest BCUT2D eigenvalue weighted by Gasteiger charge is -2.19. The summed E-state index contributed by atoms with van der Waals surface area (Å²) in [6.07, 6.45) is 0. The van der Waals surface area contributed by atoms with Crippen LogP contribution in [0.25, 0.3) is 25.1 Å². The topological polar surface area (TPSA) is 187 Å². The molecule has 0 amide bonds. The van der Waals surface area contributed by atoms with E-state index in [1.807, 2.05) is 145 Å². The second-order valence-corrected chi connectivity index (χ2v) is 47.2. The van der Waals surface area contributed by atoms with Gasteiger partial charge in [-0.3, -0.25) is 19.2 Å². The molecular weight excluding hydrogens is 1960 g/mol. The van der Waals surface area contributed by atoms with Crippen LogP contribution in [0.1, 0.15) is 48.5 Å². The minimum Gasteiger partial charge on any atom is -0.491 e. The molecule has 0 aliphatic carbocycles. The molecule has 3 aliphatic rings. The van der Waals surface area contributed by atoms with Crippen molar-refractivity contribution in [2.45, 2.75) is 130 Å². The van der Waals surface area contributed by atoms with E-state index >= 15 is 0 Å². The minimum atomic E-state index is -1.17. The van der Waals surface area contributed by atoms with Crippen LogP contribution < -0.4 is 23.7 Å². The van der Waals surface area contributed by atoms with Crippen LogP contribution in [0.15, 0.2) is 355 Å². The zero-order valence-electron chi connectivity index (χ0n) is 69.8. The first-order valence-corrected chi connectivity index (χ1v) is 50.5. The van der Waals surface area contributed by atoms with Gasteiger partial charge in [0.2, 0.25) is 9.79 Å². The molecular formula is C99H94Br4O16S6+4. The molecule has 12 aromatic carbocycles. The van der Waals surface area contributed by atoms with Gasteiger partial charge in [0, 0.05) is 33.4 Å². The number of fused-ring (bicyclic) bond motifs is 9. The van der Waals surface area contributed by atoms with Crippen LogP contribution >= 0.6 is 86.0 Å². The molecule has 4 heterocycles. The molecule has 26 heteroatoms. The lowest BCUT2D eigenvalue weighted by Crippen LogP contribution is -2.28. The Balaban J connectivity index is 0.000000143. The lowest BCUT2D eigenvalue weighted by molar-refractivity contribution is -0.146. The summed E-state index contributed by atoms with van der Waals surface area (Å²) in [7, 11) is -1.98. The highest BCUT2D eigenvalue weighted by molar-refractivity contribution is 9.10. The summed E-state index contributed by atoms with van der Waals surface area (Å²) in [5.41, 5.74) is 0. The third-order valence-corrected chi connectivity index (χ3v) is 32.7. The van der Waals surface area contributed by atoms with Gasteiger partial charge in [0.25, 0.3) is 0 Å². The largest absolute Gasteiger partial charge is 0.491 e. The van der Waals surface area contributed by atoms with Crippen LogP contribution in [0.3, 0.4) is 0 Å². The van der Waals surface area contributed by atoms with Gasteiger partial charge in [-0.05, 0) is 230 Å². The summed E-state index contributed by atoms with van der Waals surface area (Å²) < 4.78 is 74.4. The van der Waals surface area contributed by atoms with E-state index < -0.39 is 23.8 Å². The predicted octanol–water partition coefficient (Wildman–Crippen LogP) is 24.2. The first kappa shape index (κ1) is 93.8. The lowest BCUT2D eigenvalue weighted by atomic mass is 10.2. The molecule has 16 rings (SSSR count). The standard InChI is InChI=1S/C27H28BrO5S.C24H22BrO4S2.C24H22BrO4S.C24H22BrO3S2/c1-20(28)27(29)33-19-17-31-15-14-30-16-18-32-21-10-12-22(13-11-21)34-25-8-4-2-6-23(25)24-7-3-5-9-26(24)34;1-24(2,25)23(26)29-16-15-28-17-11-13-18(14-12-17)30-19-7-3-5-9-21(19)31(27)22-10-6-4-8-20(22)30;2*1-24(2,25)23(26)28-16-15-27-17-11-13-18(14-12-17)30-21-9-5-3-7-19(21)29-20-8-4-6-10-22(20)30/h2-13,20H,14-19H2,1H3;3-14H,15-16H2,1-2H3;2*3-14H,15-16H2,1-2H3/q4*+1. The molecule has 0 bridgehead atoms. The number of rotatable bonds is 30. The molecule has 1 unspecified atom stereocenters. The normalized spacial score (nSPS) is 13.9. The van der Waals surface area contributed by atoms with Crippen molar-refractivity contribution in [2.75, 3.05) is 79.3 Å². The molecule has 16 nitrogen and oxygen atoms in total. The zero-order chi connectivity index (χ0) is 88.0. The van der Waals surface area contributed by atoms with E-state index in [2.05, 4.69) is 221 Å². The van der Waals surface area contributed by atoms with Crippen molar-refractivity contribution >= 4 is 173 Å². The highest BCUT2D eigenvalue weighted by Gasteiger charge is 2.43. The van der Waals surface area contributed by atoms with Crippen molar-refractivity contribution in [3.8, 4) is 39.4 Å². The fourth-order valence-electron chi connectivity index (χ4n) is 12.9. The fourth-order valence-corrected chi connectivity index (χ4v) is 25.9. The molecule has 13 aromatic rings. The Kier molecular flexibility index (Phi) is 33.5.